The Bertz CT molecular complexity index is 224. The number of nitrogens with zero attached hydrogens (tertiary/aromatic N) is 3. The number of hydrogen-bond acceptors (Lipinski definition) is 3. The van der Waals surface area contributed by atoms with Gasteiger partial charge in [0.15, 0.2) is 0 Å². The van der Waals surface area contributed by atoms with E-state index in [1.807, 2.05) is 0 Å². The van der Waals surface area contributed by atoms with Crippen molar-refractivity contribution in [2.45, 2.75) is 65.8 Å². The van der Waals surface area contributed by atoms with Gasteiger partial charge in [-0.1, -0.05) is 45.8 Å². The summed E-state index contributed by atoms with van der Waals surface area (Å²) >= 11 is 0. The molecule has 1 atom stereocenters. The molecule has 0 bridgehead atoms. The zero-order valence-corrected chi connectivity index (χ0v) is 12.0. The fraction of sp³-hybridized carbons (Fsp3) is 1.00. The molecule has 1 rings (SSSR count). The van der Waals surface area contributed by atoms with Crippen molar-refractivity contribution in [2.75, 3.05) is 13.1 Å². The minimum atomic E-state index is 0.584. The van der Waals surface area contributed by atoms with Gasteiger partial charge in [0.1, 0.15) is 0 Å². The van der Waals surface area contributed by atoms with Crippen LogP contribution in [0.1, 0.15) is 59.8 Å². The molecule has 3 nitrogen and oxygen atoms in total. The molecule has 0 aromatic heterocycles. The molecule has 1 aliphatic rings. The second kappa shape index (κ2) is 7.67. The quantitative estimate of drug-likeness (QED) is 0.620. The highest BCUT2D eigenvalue weighted by Crippen LogP contribution is 2.19. The van der Waals surface area contributed by atoms with Crippen molar-refractivity contribution in [3.63, 3.8) is 0 Å². The van der Waals surface area contributed by atoms with Gasteiger partial charge in [0.25, 0.3) is 0 Å². The van der Waals surface area contributed by atoms with Gasteiger partial charge >= 0.3 is 0 Å². The molecule has 0 aromatic rings. The van der Waals surface area contributed by atoms with Gasteiger partial charge in [-0.3, -0.25) is 5.01 Å². The summed E-state index contributed by atoms with van der Waals surface area (Å²) in [6.07, 6.45) is 6.44. The Balaban J connectivity index is 2.16. The van der Waals surface area contributed by atoms with E-state index in [-0.39, 0.29) is 0 Å². The molecule has 0 fully saturated rings. The van der Waals surface area contributed by atoms with E-state index in [4.69, 9.17) is 0 Å². The van der Waals surface area contributed by atoms with Gasteiger partial charge in [0.05, 0.1) is 12.6 Å². The highest BCUT2D eigenvalue weighted by atomic mass is 15.6. The Hall–Kier alpha value is -0.600. The minimum Gasteiger partial charge on any atom is -0.274 e. The van der Waals surface area contributed by atoms with Gasteiger partial charge in [0, 0.05) is 6.54 Å². The maximum Gasteiger partial charge on any atom is 0.0841 e. The van der Waals surface area contributed by atoms with Crippen LogP contribution in [0, 0.1) is 11.8 Å². The monoisotopic (exact) mass is 239 g/mol. The van der Waals surface area contributed by atoms with Crippen LogP contribution in [-0.4, -0.2) is 24.1 Å². The van der Waals surface area contributed by atoms with Gasteiger partial charge < -0.3 is 0 Å². The molecule has 0 saturated heterocycles. The van der Waals surface area contributed by atoms with E-state index in [1.165, 1.54) is 32.1 Å². The lowest BCUT2D eigenvalue weighted by atomic mass is 10.0. The predicted octanol–water partition coefficient (Wildman–Crippen LogP) is 4.30. The highest BCUT2D eigenvalue weighted by Gasteiger charge is 2.21. The second-order valence-electron chi connectivity index (χ2n) is 6.09. The van der Waals surface area contributed by atoms with E-state index in [9.17, 15) is 0 Å². The van der Waals surface area contributed by atoms with Gasteiger partial charge in [-0.15, -0.1) is 0 Å². The Kier molecular flexibility index (Phi) is 6.53. The average molecular weight is 239 g/mol. The molecule has 3 heteroatoms. The van der Waals surface area contributed by atoms with E-state index in [1.54, 1.807) is 0 Å². The fourth-order valence-electron chi connectivity index (χ4n) is 2.27. The summed E-state index contributed by atoms with van der Waals surface area (Å²) in [6.45, 7) is 11.2. The molecule has 1 aliphatic heterocycles. The lowest BCUT2D eigenvalue weighted by Gasteiger charge is -2.22. The van der Waals surface area contributed by atoms with Crippen molar-refractivity contribution < 1.29 is 0 Å². The van der Waals surface area contributed by atoms with Crippen molar-refractivity contribution in [3.8, 4) is 0 Å². The second-order valence-corrected chi connectivity index (χ2v) is 6.09. The number of rotatable bonds is 8. The molecular weight excluding hydrogens is 210 g/mol. The lowest BCUT2D eigenvalue weighted by molar-refractivity contribution is 0.214. The van der Waals surface area contributed by atoms with E-state index in [0.29, 0.717) is 6.04 Å². The Morgan fingerprint density at radius 1 is 1.06 bits per heavy atom. The molecule has 0 saturated carbocycles. The van der Waals surface area contributed by atoms with Crippen molar-refractivity contribution in [2.24, 2.45) is 22.2 Å². The molecule has 0 N–H and O–H groups in total. The van der Waals surface area contributed by atoms with Gasteiger partial charge in [-0.2, -0.15) is 5.11 Å². The van der Waals surface area contributed by atoms with Crippen LogP contribution in [-0.2, 0) is 0 Å². The maximum atomic E-state index is 4.27. The number of hydrogen-bond donors (Lipinski definition) is 0. The first-order chi connectivity index (χ1) is 8.09. The smallest absolute Gasteiger partial charge is 0.0841 e. The van der Waals surface area contributed by atoms with Gasteiger partial charge in [-0.25, -0.2) is 0 Å². The third kappa shape index (κ3) is 6.04. The van der Waals surface area contributed by atoms with E-state index in [2.05, 4.69) is 43.0 Å². The first-order valence-corrected chi connectivity index (χ1v) is 7.23. The van der Waals surface area contributed by atoms with E-state index in [0.717, 1.165) is 24.9 Å². The summed E-state index contributed by atoms with van der Waals surface area (Å²) < 4.78 is 0. The lowest BCUT2D eigenvalue weighted by Crippen LogP contribution is -2.30. The van der Waals surface area contributed by atoms with Crippen LogP contribution in [0.15, 0.2) is 10.3 Å². The van der Waals surface area contributed by atoms with Crippen LogP contribution in [0.4, 0.5) is 0 Å². The predicted molar refractivity (Wildman–Crippen MR) is 73.0 cm³/mol. The van der Waals surface area contributed by atoms with E-state index < -0.39 is 0 Å². The average Bonchev–Trinajstić information content (AvgIpc) is 2.65. The molecule has 1 heterocycles. The van der Waals surface area contributed by atoms with Gasteiger partial charge in [-0.05, 0) is 31.1 Å². The summed E-state index contributed by atoms with van der Waals surface area (Å²) in [7, 11) is 0. The SMILES string of the molecule is CC(C)CCCC1CN=NN1CCCC(C)C. The van der Waals surface area contributed by atoms with Crippen molar-refractivity contribution >= 4 is 0 Å². The Morgan fingerprint density at radius 3 is 2.35 bits per heavy atom. The molecule has 0 aromatic carbocycles. The fourth-order valence-corrected chi connectivity index (χ4v) is 2.27. The minimum absolute atomic E-state index is 0.584. The third-order valence-electron chi connectivity index (χ3n) is 3.38. The molecule has 0 spiro atoms. The first kappa shape index (κ1) is 14.5. The van der Waals surface area contributed by atoms with Crippen LogP contribution in [0.5, 0.6) is 0 Å². The van der Waals surface area contributed by atoms with Crippen LogP contribution in [0.3, 0.4) is 0 Å². The largest absolute Gasteiger partial charge is 0.274 e. The van der Waals surface area contributed by atoms with Crippen molar-refractivity contribution in [3.05, 3.63) is 0 Å². The summed E-state index contributed by atoms with van der Waals surface area (Å²) in [5.74, 6) is 1.62. The van der Waals surface area contributed by atoms with Crippen LogP contribution < -0.4 is 0 Å². The molecule has 0 aliphatic carbocycles. The molecule has 0 radical (unpaired) electrons. The summed E-state index contributed by atoms with van der Waals surface area (Å²) in [5, 5.41) is 10.7. The standard InChI is InChI=1S/C14H29N3/c1-12(2)7-5-9-14-11-15-16-17(14)10-6-8-13(3)4/h12-14H,5-11H2,1-4H3. The first-order valence-electron chi connectivity index (χ1n) is 7.23. The summed E-state index contributed by atoms with van der Waals surface area (Å²) in [4.78, 5) is 0. The Morgan fingerprint density at radius 2 is 1.71 bits per heavy atom. The maximum absolute atomic E-state index is 4.27. The molecular formula is C14H29N3. The summed E-state index contributed by atoms with van der Waals surface area (Å²) in [6, 6.07) is 0.584. The van der Waals surface area contributed by atoms with Crippen LogP contribution in [0.2, 0.25) is 0 Å². The summed E-state index contributed by atoms with van der Waals surface area (Å²) in [5.41, 5.74) is 0. The zero-order chi connectivity index (χ0) is 12.7. The zero-order valence-electron chi connectivity index (χ0n) is 12.0. The van der Waals surface area contributed by atoms with Crippen LogP contribution >= 0.6 is 0 Å². The van der Waals surface area contributed by atoms with Crippen LogP contribution in [0.25, 0.3) is 0 Å². The topological polar surface area (TPSA) is 28.0 Å². The molecule has 100 valence electrons. The molecule has 1 unspecified atom stereocenters. The van der Waals surface area contributed by atoms with Crippen molar-refractivity contribution in [1.29, 1.82) is 0 Å². The molecule has 0 amide bonds. The Labute approximate surface area is 107 Å². The third-order valence-corrected chi connectivity index (χ3v) is 3.38. The van der Waals surface area contributed by atoms with Gasteiger partial charge in [0.2, 0.25) is 0 Å². The molecule has 17 heavy (non-hydrogen) atoms. The normalized spacial score (nSPS) is 19.9. The van der Waals surface area contributed by atoms with E-state index >= 15 is 0 Å². The highest BCUT2D eigenvalue weighted by molar-refractivity contribution is 4.75. The van der Waals surface area contributed by atoms with Crippen molar-refractivity contribution in [1.82, 2.24) is 5.01 Å².